The molecule has 0 amide bonds. The first-order valence-electron chi connectivity index (χ1n) is 1.32. The Morgan fingerprint density at radius 2 is 2.33 bits per heavy atom. The summed E-state index contributed by atoms with van der Waals surface area (Å²) < 4.78 is 0. The van der Waals surface area contributed by atoms with Crippen molar-refractivity contribution in [3.63, 3.8) is 0 Å². The van der Waals surface area contributed by atoms with E-state index in [9.17, 15) is 0 Å². The van der Waals surface area contributed by atoms with Gasteiger partial charge in [0.15, 0.2) is 0 Å². The van der Waals surface area contributed by atoms with Gasteiger partial charge in [-0.05, 0) is 0 Å². The normalized spacial score (nSPS) is 6.67. The quantitative estimate of drug-likeness (QED) is 0.474. The van der Waals surface area contributed by atoms with Gasteiger partial charge in [-0.25, -0.2) is 0 Å². The molecule has 0 aromatic carbocycles. The molecule has 1 aromatic rings. The highest BCUT2D eigenvalue weighted by Gasteiger charge is 1.59. The van der Waals surface area contributed by atoms with Gasteiger partial charge < -0.3 is 0 Å². The maximum absolute atomic E-state index is 3.74. The fourth-order valence-corrected chi connectivity index (χ4v) is 0.527. The molecule has 0 fully saturated rings. The zero-order valence-corrected chi connectivity index (χ0v) is 3.90. The minimum Gasteiger partial charge on any atom is -0.253 e. The Bertz CT molecular complexity index is 64.0. The topological polar surface area (TPSA) is 12.9 Å². The van der Waals surface area contributed by atoms with Crippen LogP contribution in [0.25, 0.3) is 0 Å². The van der Waals surface area contributed by atoms with Gasteiger partial charge >= 0.3 is 0 Å². The van der Waals surface area contributed by atoms with Crippen molar-refractivity contribution in [2.75, 3.05) is 0 Å². The minimum absolute atomic E-state index is 0. The van der Waals surface area contributed by atoms with E-state index in [1.807, 2.05) is 5.38 Å². The third-order valence-corrected chi connectivity index (χ3v) is 0.869. The first-order valence-corrected chi connectivity index (χ1v) is 2.26. The molecule has 0 spiro atoms. The largest absolute Gasteiger partial charge is 0.253 e. The van der Waals surface area contributed by atoms with Gasteiger partial charge in [0.1, 0.15) is 0 Å². The van der Waals surface area contributed by atoms with E-state index in [2.05, 4.69) is 4.98 Å². The van der Waals surface area contributed by atoms with E-state index in [1.165, 1.54) is 0 Å². The molecular weight excluding hydrogens is 94.1 g/mol. The molecule has 6 heavy (non-hydrogen) atoms. The SMILES string of the molecule is [C].c1cscn1. The summed E-state index contributed by atoms with van der Waals surface area (Å²) in [6.07, 6.45) is 1.77. The van der Waals surface area contributed by atoms with Crippen molar-refractivity contribution < 1.29 is 0 Å². The molecular formula is C4H3NS. The molecule has 0 bridgehead atoms. The number of thiazole rings is 1. The standard InChI is InChI=1S/C3H3NS.C/c1-2-5-3-4-1;/h1-3H;. The van der Waals surface area contributed by atoms with E-state index in [0.717, 1.165) is 0 Å². The minimum atomic E-state index is 0. The Balaban J connectivity index is 0.000000250. The molecule has 2 heteroatoms. The molecule has 0 aliphatic heterocycles. The number of nitrogens with zero attached hydrogens (tertiary/aromatic N) is 1. The fourth-order valence-electron chi connectivity index (χ4n) is 0.176. The first kappa shape index (κ1) is 5.63. The van der Waals surface area contributed by atoms with Gasteiger partial charge in [-0.3, -0.25) is 4.98 Å². The molecule has 0 aliphatic carbocycles. The average Bonchev–Trinajstić information content (AvgIpc) is 1.76. The maximum atomic E-state index is 3.74. The maximum Gasteiger partial charge on any atom is 0.0791 e. The Morgan fingerprint density at radius 3 is 2.50 bits per heavy atom. The molecule has 4 radical (unpaired) electrons. The second-order valence-corrected chi connectivity index (χ2v) is 1.43. The molecule has 0 unspecified atom stereocenters. The zero-order valence-electron chi connectivity index (χ0n) is 3.09. The molecule has 0 saturated carbocycles. The lowest BCUT2D eigenvalue weighted by atomic mass is 11.0. The Labute approximate surface area is 41.7 Å². The Hall–Kier alpha value is -0.370. The van der Waals surface area contributed by atoms with Crippen molar-refractivity contribution in [2.45, 2.75) is 0 Å². The highest BCUT2D eigenvalue weighted by atomic mass is 32.1. The van der Waals surface area contributed by atoms with Gasteiger partial charge in [0.25, 0.3) is 0 Å². The summed E-state index contributed by atoms with van der Waals surface area (Å²) in [5.41, 5.74) is 1.79. The number of hydrogen-bond donors (Lipinski definition) is 0. The van der Waals surface area contributed by atoms with Crippen LogP contribution in [0.2, 0.25) is 0 Å². The second kappa shape index (κ2) is 2.85. The molecule has 0 aliphatic rings. The van der Waals surface area contributed by atoms with Crippen molar-refractivity contribution in [3.05, 3.63) is 24.5 Å². The molecule has 0 atom stereocenters. The van der Waals surface area contributed by atoms with Crippen molar-refractivity contribution in [1.29, 1.82) is 0 Å². The van der Waals surface area contributed by atoms with Crippen LogP contribution in [-0.2, 0) is 0 Å². The third-order valence-electron chi connectivity index (χ3n) is 0.347. The van der Waals surface area contributed by atoms with E-state index in [-0.39, 0.29) is 7.43 Å². The van der Waals surface area contributed by atoms with Crippen molar-refractivity contribution in [1.82, 2.24) is 4.98 Å². The lowest BCUT2D eigenvalue weighted by Gasteiger charge is -1.41. The van der Waals surface area contributed by atoms with Crippen LogP contribution in [0.1, 0.15) is 0 Å². The monoisotopic (exact) mass is 97.0 g/mol. The summed E-state index contributed by atoms with van der Waals surface area (Å²) in [5, 5.41) is 1.93. The van der Waals surface area contributed by atoms with Crippen LogP contribution in [0.4, 0.5) is 0 Å². The van der Waals surface area contributed by atoms with E-state index in [4.69, 9.17) is 0 Å². The third kappa shape index (κ3) is 1.17. The Morgan fingerprint density at radius 1 is 1.50 bits per heavy atom. The van der Waals surface area contributed by atoms with E-state index < -0.39 is 0 Å². The van der Waals surface area contributed by atoms with Gasteiger partial charge in [-0.1, -0.05) is 0 Å². The lowest BCUT2D eigenvalue weighted by Crippen LogP contribution is -1.38. The van der Waals surface area contributed by atoms with E-state index in [1.54, 1.807) is 23.0 Å². The van der Waals surface area contributed by atoms with Crippen LogP contribution >= 0.6 is 11.3 Å². The summed E-state index contributed by atoms with van der Waals surface area (Å²) in [7, 11) is 0. The highest BCUT2D eigenvalue weighted by Crippen LogP contribution is 1.85. The molecule has 1 nitrogen and oxygen atoms in total. The van der Waals surface area contributed by atoms with Crippen LogP contribution in [0.5, 0.6) is 0 Å². The smallest absolute Gasteiger partial charge is 0.0791 e. The molecule has 0 N–H and O–H groups in total. The summed E-state index contributed by atoms with van der Waals surface area (Å²) >= 11 is 1.60. The first-order chi connectivity index (χ1) is 2.50. The lowest BCUT2D eigenvalue weighted by molar-refractivity contribution is 1.43. The van der Waals surface area contributed by atoms with Gasteiger partial charge in [0.05, 0.1) is 5.51 Å². The van der Waals surface area contributed by atoms with E-state index in [0.29, 0.717) is 0 Å². The summed E-state index contributed by atoms with van der Waals surface area (Å²) in [5.74, 6) is 0. The molecule has 0 saturated heterocycles. The van der Waals surface area contributed by atoms with Gasteiger partial charge in [0.2, 0.25) is 0 Å². The Kier molecular flexibility index (Phi) is 2.67. The van der Waals surface area contributed by atoms with Crippen LogP contribution in [0.15, 0.2) is 17.1 Å². The fraction of sp³-hybridized carbons (Fsp3) is 0. The molecule has 1 rings (SSSR count). The number of hydrogen-bond acceptors (Lipinski definition) is 2. The predicted octanol–water partition coefficient (Wildman–Crippen LogP) is 1.22. The number of aromatic nitrogens is 1. The van der Waals surface area contributed by atoms with Gasteiger partial charge in [-0.15, -0.1) is 11.3 Å². The van der Waals surface area contributed by atoms with Crippen LogP contribution in [-0.4, -0.2) is 4.98 Å². The summed E-state index contributed by atoms with van der Waals surface area (Å²) in [6.45, 7) is 0. The van der Waals surface area contributed by atoms with Crippen molar-refractivity contribution >= 4 is 11.3 Å². The summed E-state index contributed by atoms with van der Waals surface area (Å²) in [6, 6.07) is 0. The summed E-state index contributed by atoms with van der Waals surface area (Å²) in [4.78, 5) is 3.74. The van der Waals surface area contributed by atoms with Crippen LogP contribution < -0.4 is 0 Å². The second-order valence-electron chi connectivity index (χ2n) is 0.676. The van der Waals surface area contributed by atoms with Crippen LogP contribution in [0, 0.1) is 7.43 Å². The van der Waals surface area contributed by atoms with Gasteiger partial charge in [-0.2, -0.15) is 0 Å². The molecule has 30 valence electrons. The van der Waals surface area contributed by atoms with Gasteiger partial charge in [0, 0.05) is 19.0 Å². The van der Waals surface area contributed by atoms with E-state index >= 15 is 0 Å². The molecule has 1 heterocycles. The van der Waals surface area contributed by atoms with Crippen molar-refractivity contribution in [2.24, 2.45) is 0 Å². The number of rotatable bonds is 0. The van der Waals surface area contributed by atoms with Crippen molar-refractivity contribution in [3.8, 4) is 0 Å². The molecule has 1 aromatic heterocycles. The average molecular weight is 97.1 g/mol. The van der Waals surface area contributed by atoms with Crippen LogP contribution in [0.3, 0.4) is 0 Å². The predicted molar refractivity (Wildman–Crippen MR) is 25.4 cm³/mol. The highest BCUT2D eigenvalue weighted by molar-refractivity contribution is 7.07. The zero-order chi connectivity index (χ0) is 3.54.